The molecule has 1 amide bonds. The van der Waals surface area contributed by atoms with Crippen LogP contribution in [-0.4, -0.2) is 49.9 Å². The van der Waals surface area contributed by atoms with Gasteiger partial charge in [-0.1, -0.05) is 18.2 Å². The molecule has 4 rings (SSSR count). The first-order chi connectivity index (χ1) is 17.6. The van der Waals surface area contributed by atoms with Crippen molar-refractivity contribution in [1.82, 2.24) is 14.9 Å². The van der Waals surface area contributed by atoms with Crippen LogP contribution in [0, 0.1) is 0 Å². The van der Waals surface area contributed by atoms with Crippen LogP contribution >= 0.6 is 0 Å². The van der Waals surface area contributed by atoms with Crippen molar-refractivity contribution in [3.8, 4) is 23.0 Å². The number of methoxy groups -OCH3 is 3. The summed E-state index contributed by atoms with van der Waals surface area (Å²) in [6.07, 6.45) is 1.41. The van der Waals surface area contributed by atoms with Gasteiger partial charge >= 0.3 is 0 Å². The summed E-state index contributed by atoms with van der Waals surface area (Å²) in [6.45, 7) is 1.77. The highest BCUT2D eigenvalue weighted by atomic mass is 16.5. The number of imidazole rings is 1. The highest BCUT2D eigenvalue weighted by molar-refractivity contribution is 5.94. The molecule has 0 bridgehead atoms. The van der Waals surface area contributed by atoms with Crippen LogP contribution in [-0.2, 0) is 13.0 Å². The number of amides is 1. The summed E-state index contributed by atoms with van der Waals surface area (Å²) in [7, 11) is 4.75. The maximum absolute atomic E-state index is 12.7. The molecule has 0 aliphatic heterocycles. The number of benzene rings is 3. The Morgan fingerprint density at radius 2 is 1.69 bits per heavy atom. The summed E-state index contributed by atoms with van der Waals surface area (Å²) >= 11 is 0. The third-order valence-corrected chi connectivity index (χ3v) is 5.85. The molecule has 0 unspecified atom stereocenters. The Balaban J connectivity index is 1.37. The third kappa shape index (κ3) is 5.89. The van der Waals surface area contributed by atoms with Gasteiger partial charge < -0.3 is 28.8 Å². The van der Waals surface area contributed by atoms with Gasteiger partial charge in [0.2, 0.25) is 0 Å². The van der Waals surface area contributed by atoms with E-state index in [2.05, 4.69) is 16.0 Å². The highest BCUT2D eigenvalue weighted by Gasteiger charge is 2.13. The molecule has 3 aromatic carbocycles. The summed E-state index contributed by atoms with van der Waals surface area (Å²) in [5.74, 6) is 3.39. The molecule has 0 saturated heterocycles. The lowest BCUT2D eigenvalue weighted by Gasteiger charge is -2.12. The number of nitrogens with zero attached hydrogens (tertiary/aromatic N) is 2. The lowest BCUT2D eigenvalue weighted by molar-refractivity contribution is 0.0953. The van der Waals surface area contributed by atoms with E-state index in [1.54, 1.807) is 39.5 Å². The van der Waals surface area contributed by atoms with Crippen molar-refractivity contribution < 1.29 is 23.7 Å². The Morgan fingerprint density at radius 1 is 0.889 bits per heavy atom. The van der Waals surface area contributed by atoms with Crippen molar-refractivity contribution >= 4 is 16.9 Å². The molecule has 36 heavy (non-hydrogen) atoms. The smallest absolute Gasteiger partial charge is 0.251 e. The van der Waals surface area contributed by atoms with Crippen LogP contribution in [0.4, 0.5) is 0 Å². The fraction of sp³-hybridized carbons (Fsp3) is 0.286. The standard InChI is InChI=1S/C28H31N3O5/c1-33-21-8-6-9-22(19-21)36-17-7-16-31-24-11-5-4-10-23(24)30-27(31)14-15-29-28(32)20-12-13-25(34-2)26(18-20)35-3/h4-6,8-13,18-19H,7,14-17H2,1-3H3,(H,29,32). The van der Waals surface area contributed by atoms with Crippen molar-refractivity contribution in [3.05, 3.63) is 78.1 Å². The Hall–Kier alpha value is -4.20. The fourth-order valence-corrected chi connectivity index (χ4v) is 4.04. The van der Waals surface area contributed by atoms with E-state index in [1.807, 2.05) is 42.5 Å². The van der Waals surface area contributed by atoms with E-state index in [1.165, 1.54) is 0 Å². The topological polar surface area (TPSA) is 83.8 Å². The average Bonchev–Trinajstić information content (AvgIpc) is 3.27. The molecule has 1 N–H and O–H groups in total. The second kappa shape index (κ2) is 12.0. The van der Waals surface area contributed by atoms with Crippen molar-refractivity contribution in [2.24, 2.45) is 0 Å². The molecule has 0 aliphatic rings. The number of hydrogen-bond acceptors (Lipinski definition) is 6. The van der Waals surface area contributed by atoms with Crippen molar-refractivity contribution in [1.29, 1.82) is 0 Å². The number of carbonyl (C=O) groups excluding carboxylic acids is 1. The normalized spacial score (nSPS) is 10.8. The quantitative estimate of drug-likeness (QED) is 0.295. The monoisotopic (exact) mass is 489 g/mol. The molecule has 0 spiro atoms. The van der Waals surface area contributed by atoms with Gasteiger partial charge in [-0.2, -0.15) is 0 Å². The van der Waals surface area contributed by atoms with Crippen LogP contribution in [0.1, 0.15) is 22.6 Å². The molecule has 0 saturated carbocycles. The van der Waals surface area contributed by atoms with Crippen LogP contribution in [0.25, 0.3) is 11.0 Å². The van der Waals surface area contributed by atoms with E-state index in [4.69, 9.17) is 23.9 Å². The van der Waals surface area contributed by atoms with Crippen LogP contribution in [0.5, 0.6) is 23.0 Å². The molecular formula is C28H31N3O5. The van der Waals surface area contributed by atoms with E-state index in [9.17, 15) is 4.79 Å². The molecule has 8 heteroatoms. The molecule has 1 aromatic heterocycles. The largest absolute Gasteiger partial charge is 0.497 e. The van der Waals surface area contributed by atoms with Crippen LogP contribution < -0.4 is 24.3 Å². The van der Waals surface area contributed by atoms with Gasteiger partial charge in [0.05, 0.1) is 39.0 Å². The predicted molar refractivity (Wildman–Crippen MR) is 138 cm³/mol. The molecule has 8 nitrogen and oxygen atoms in total. The summed E-state index contributed by atoms with van der Waals surface area (Å²) in [6, 6.07) is 20.8. The average molecular weight is 490 g/mol. The van der Waals surface area contributed by atoms with Gasteiger partial charge in [-0.05, 0) is 48.9 Å². The molecular weight excluding hydrogens is 458 g/mol. The maximum Gasteiger partial charge on any atom is 0.251 e. The molecule has 0 radical (unpaired) electrons. The van der Waals surface area contributed by atoms with Crippen molar-refractivity contribution in [2.45, 2.75) is 19.4 Å². The summed E-state index contributed by atoms with van der Waals surface area (Å²) in [5.41, 5.74) is 2.52. The third-order valence-electron chi connectivity index (χ3n) is 5.85. The fourth-order valence-electron chi connectivity index (χ4n) is 4.04. The molecule has 1 heterocycles. The number of para-hydroxylation sites is 2. The molecule has 0 atom stereocenters. The van der Waals surface area contributed by atoms with Gasteiger partial charge in [0.15, 0.2) is 11.5 Å². The highest BCUT2D eigenvalue weighted by Crippen LogP contribution is 2.27. The minimum Gasteiger partial charge on any atom is -0.497 e. The lowest BCUT2D eigenvalue weighted by atomic mass is 10.2. The van der Waals surface area contributed by atoms with Gasteiger partial charge in [0.25, 0.3) is 5.91 Å². The molecule has 188 valence electrons. The van der Waals surface area contributed by atoms with Crippen molar-refractivity contribution in [3.63, 3.8) is 0 Å². The first-order valence-electron chi connectivity index (χ1n) is 11.8. The SMILES string of the molecule is COc1cccc(OCCCn2c(CCNC(=O)c3ccc(OC)c(OC)c3)nc3ccccc32)c1. The summed E-state index contributed by atoms with van der Waals surface area (Å²) in [5, 5.41) is 2.98. The lowest BCUT2D eigenvalue weighted by Crippen LogP contribution is -2.26. The van der Waals surface area contributed by atoms with E-state index in [0.29, 0.717) is 36.6 Å². The zero-order chi connectivity index (χ0) is 25.3. The van der Waals surface area contributed by atoms with Crippen LogP contribution in [0.2, 0.25) is 0 Å². The molecule has 0 fully saturated rings. The zero-order valence-electron chi connectivity index (χ0n) is 20.8. The number of rotatable bonds is 12. The summed E-state index contributed by atoms with van der Waals surface area (Å²) in [4.78, 5) is 17.5. The second-order valence-electron chi connectivity index (χ2n) is 8.13. The van der Waals surface area contributed by atoms with Crippen molar-refractivity contribution in [2.75, 3.05) is 34.5 Å². The Bertz CT molecular complexity index is 1320. The van der Waals surface area contributed by atoms with E-state index >= 15 is 0 Å². The van der Waals surface area contributed by atoms with Gasteiger partial charge in [-0.3, -0.25) is 4.79 Å². The number of aryl methyl sites for hydroxylation is 1. The molecule has 0 aliphatic carbocycles. The number of fused-ring (bicyclic) bond motifs is 1. The number of aromatic nitrogens is 2. The van der Waals surface area contributed by atoms with E-state index in [0.717, 1.165) is 41.3 Å². The Kier molecular flexibility index (Phi) is 8.28. The van der Waals surface area contributed by atoms with E-state index < -0.39 is 0 Å². The van der Waals surface area contributed by atoms with Gasteiger partial charge in [0.1, 0.15) is 17.3 Å². The Labute approximate surface area is 210 Å². The van der Waals surface area contributed by atoms with Gasteiger partial charge in [-0.25, -0.2) is 4.98 Å². The van der Waals surface area contributed by atoms with Gasteiger partial charge in [0, 0.05) is 31.1 Å². The molecule has 4 aromatic rings. The summed E-state index contributed by atoms with van der Waals surface area (Å²) < 4.78 is 23.9. The van der Waals surface area contributed by atoms with Crippen LogP contribution in [0.3, 0.4) is 0 Å². The number of carbonyl (C=O) groups is 1. The number of nitrogens with one attached hydrogen (secondary N) is 1. The number of ether oxygens (including phenoxy) is 4. The first kappa shape index (κ1) is 24.9. The maximum atomic E-state index is 12.7. The van der Waals surface area contributed by atoms with Gasteiger partial charge in [-0.15, -0.1) is 0 Å². The minimum atomic E-state index is -0.176. The van der Waals surface area contributed by atoms with Crippen LogP contribution in [0.15, 0.2) is 66.7 Å². The second-order valence-corrected chi connectivity index (χ2v) is 8.13. The first-order valence-corrected chi connectivity index (χ1v) is 11.8. The Morgan fingerprint density at radius 3 is 2.50 bits per heavy atom. The zero-order valence-corrected chi connectivity index (χ0v) is 20.8. The number of hydrogen-bond donors (Lipinski definition) is 1. The predicted octanol–water partition coefficient (Wildman–Crippen LogP) is 4.50. The minimum absolute atomic E-state index is 0.176. The van der Waals surface area contributed by atoms with E-state index in [-0.39, 0.29) is 5.91 Å².